The Kier molecular flexibility index (Phi) is 4.32. The van der Waals surface area contributed by atoms with Crippen molar-refractivity contribution in [2.24, 2.45) is 0 Å². The van der Waals surface area contributed by atoms with Crippen LogP contribution in [0.4, 0.5) is 0 Å². The number of hydrogen-bond acceptors (Lipinski definition) is 0. The van der Waals surface area contributed by atoms with E-state index in [1.807, 2.05) is 6.08 Å². The molecule has 2 aliphatic rings. The van der Waals surface area contributed by atoms with Crippen molar-refractivity contribution in [2.45, 2.75) is 12.3 Å². The fourth-order valence-electron chi connectivity index (χ4n) is 7.38. The van der Waals surface area contributed by atoms with Gasteiger partial charge >= 0.3 is 0 Å². The van der Waals surface area contributed by atoms with Crippen molar-refractivity contribution in [1.29, 1.82) is 0 Å². The lowest BCUT2D eigenvalue weighted by molar-refractivity contribution is 0.795. The Labute approximate surface area is 223 Å². The predicted octanol–water partition coefficient (Wildman–Crippen LogP) is 9.93. The van der Waals surface area contributed by atoms with Crippen LogP contribution in [0.25, 0.3) is 49.4 Å². The molecule has 2 aliphatic carbocycles. The van der Waals surface area contributed by atoms with Crippen LogP contribution in [-0.4, -0.2) is 0 Å². The van der Waals surface area contributed by atoms with Crippen LogP contribution in [0.15, 0.2) is 134 Å². The number of benzene rings is 6. The smallest absolute Gasteiger partial charge is 0.0726 e. The highest BCUT2D eigenvalue weighted by Gasteiger charge is 2.52. The minimum atomic E-state index is -0.374. The highest BCUT2D eigenvalue weighted by molar-refractivity contribution is 6.15. The molecular weight excluding hydrogens is 456 g/mol. The van der Waals surface area contributed by atoms with E-state index in [0.29, 0.717) is 0 Å². The zero-order chi connectivity index (χ0) is 25.4. The van der Waals surface area contributed by atoms with Crippen LogP contribution in [0.5, 0.6) is 0 Å². The Morgan fingerprint density at radius 1 is 0.579 bits per heavy atom. The molecule has 0 aromatic heterocycles. The molecule has 0 heteroatoms. The van der Waals surface area contributed by atoms with Crippen LogP contribution in [-0.2, 0) is 5.41 Å². The second kappa shape index (κ2) is 7.66. The van der Waals surface area contributed by atoms with Crippen molar-refractivity contribution in [3.05, 3.63) is 162 Å². The van der Waals surface area contributed by atoms with Crippen LogP contribution < -0.4 is 0 Å². The lowest BCUT2D eigenvalue weighted by atomic mass is 9.70. The van der Waals surface area contributed by atoms with Gasteiger partial charge in [0, 0.05) is 0 Å². The molecule has 0 N–H and O–H groups in total. The van der Waals surface area contributed by atoms with Gasteiger partial charge in [-0.3, -0.25) is 0 Å². The Hall–Kier alpha value is -4.68. The van der Waals surface area contributed by atoms with Crippen molar-refractivity contribution in [3.63, 3.8) is 0 Å². The van der Waals surface area contributed by atoms with Gasteiger partial charge in [0.25, 0.3) is 0 Å². The maximum Gasteiger partial charge on any atom is 0.0726 e. The number of allylic oxidation sites excluding steroid dienone is 3. The standard InChI is InChI=1S/C38H26/c1-3-24(4-2)31-23-35-37(30-18-8-7-15-27(30)31)36-26-14-6-5-13-25(26)21-22-34(36)38(35)32-19-11-9-16-28(32)29-17-10-12-20-33(29)38/h3-23H,1H2,2H3/b24-4+. The van der Waals surface area contributed by atoms with Crippen molar-refractivity contribution < 1.29 is 0 Å². The van der Waals surface area contributed by atoms with E-state index in [9.17, 15) is 0 Å². The molecule has 0 nitrogen and oxygen atoms in total. The van der Waals surface area contributed by atoms with E-state index < -0.39 is 0 Å². The first-order valence-corrected chi connectivity index (χ1v) is 13.4. The molecule has 178 valence electrons. The zero-order valence-corrected chi connectivity index (χ0v) is 21.3. The quantitative estimate of drug-likeness (QED) is 0.215. The summed E-state index contributed by atoms with van der Waals surface area (Å²) in [5.41, 5.74) is 12.9. The second-order valence-electron chi connectivity index (χ2n) is 10.4. The van der Waals surface area contributed by atoms with Gasteiger partial charge in [0.2, 0.25) is 0 Å². The van der Waals surface area contributed by atoms with Gasteiger partial charge in [-0.05, 0) is 90.2 Å². The van der Waals surface area contributed by atoms with Crippen molar-refractivity contribution >= 4 is 27.1 Å². The highest BCUT2D eigenvalue weighted by Crippen LogP contribution is 2.65. The third kappa shape index (κ3) is 2.45. The predicted molar refractivity (Wildman–Crippen MR) is 162 cm³/mol. The first-order valence-electron chi connectivity index (χ1n) is 13.4. The monoisotopic (exact) mass is 482 g/mol. The highest BCUT2D eigenvalue weighted by atomic mass is 14.5. The summed E-state index contributed by atoms with van der Waals surface area (Å²) in [5.74, 6) is 0. The van der Waals surface area contributed by atoms with Gasteiger partial charge in [0.1, 0.15) is 0 Å². The summed E-state index contributed by atoms with van der Waals surface area (Å²) in [6.07, 6.45) is 4.18. The van der Waals surface area contributed by atoms with Gasteiger partial charge in [-0.15, -0.1) is 0 Å². The fourth-order valence-corrected chi connectivity index (χ4v) is 7.38. The molecule has 0 unspecified atom stereocenters. The lowest BCUT2D eigenvalue weighted by Crippen LogP contribution is -2.26. The first-order chi connectivity index (χ1) is 18.8. The van der Waals surface area contributed by atoms with E-state index >= 15 is 0 Å². The topological polar surface area (TPSA) is 0 Å². The maximum absolute atomic E-state index is 4.18. The average Bonchev–Trinajstić information content (AvgIpc) is 3.45. The molecule has 0 saturated heterocycles. The molecule has 0 bridgehead atoms. The molecule has 0 saturated carbocycles. The van der Waals surface area contributed by atoms with Crippen molar-refractivity contribution in [2.75, 3.05) is 0 Å². The van der Waals surface area contributed by atoms with Crippen LogP contribution >= 0.6 is 0 Å². The lowest BCUT2D eigenvalue weighted by Gasteiger charge is -2.31. The molecule has 0 amide bonds. The molecule has 0 fully saturated rings. The van der Waals surface area contributed by atoms with Crippen LogP contribution in [0, 0.1) is 0 Å². The number of rotatable bonds is 2. The van der Waals surface area contributed by atoms with Crippen LogP contribution in [0.1, 0.15) is 34.7 Å². The third-order valence-electron chi connectivity index (χ3n) is 8.83. The largest absolute Gasteiger partial charge is 0.0985 e. The van der Waals surface area contributed by atoms with Gasteiger partial charge in [-0.1, -0.05) is 128 Å². The first kappa shape index (κ1) is 21.4. The second-order valence-corrected chi connectivity index (χ2v) is 10.4. The van der Waals surface area contributed by atoms with E-state index in [1.54, 1.807) is 0 Å². The van der Waals surface area contributed by atoms with E-state index in [0.717, 1.165) is 0 Å². The number of fused-ring (bicyclic) bond motifs is 14. The normalized spacial score (nSPS) is 14.4. The SMILES string of the molecule is C=C/C(=C\C)c1cc2c(c3ccccc13)-c1c(ccc3ccccc13)C21c2ccccc2-c2ccccc21. The Balaban J connectivity index is 1.68. The molecule has 8 rings (SSSR count). The molecule has 6 aromatic rings. The number of hydrogen-bond donors (Lipinski definition) is 0. The van der Waals surface area contributed by atoms with Gasteiger partial charge in [0.15, 0.2) is 0 Å². The van der Waals surface area contributed by atoms with Gasteiger partial charge < -0.3 is 0 Å². The Morgan fingerprint density at radius 3 is 1.84 bits per heavy atom. The van der Waals surface area contributed by atoms with E-state index in [4.69, 9.17) is 0 Å². The van der Waals surface area contributed by atoms with E-state index in [1.165, 1.54) is 77.2 Å². The zero-order valence-electron chi connectivity index (χ0n) is 21.3. The summed E-state index contributed by atoms with van der Waals surface area (Å²) in [6, 6.07) is 43.0. The maximum atomic E-state index is 4.18. The Bertz CT molecular complexity index is 1950. The minimum absolute atomic E-state index is 0.374. The van der Waals surface area contributed by atoms with Gasteiger partial charge in [-0.25, -0.2) is 0 Å². The molecule has 6 aromatic carbocycles. The summed E-state index contributed by atoms with van der Waals surface area (Å²) < 4.78 is 0. The fraction of sp³-hybridized carbons (Fsp3) is 0.0526. The summed E-state index contributed by atoms with van der Waals surface area (Å²) >= 11 is 0. The Morgan fingerprint density at radius 2 is 1.16 bits per heavy atom. The van der Waals surface area contributed by atoms with Gasteiger partial charge in [-0.2, -0.15) is 0 Å². The molecule has 0 heterocycles. The summed E-state index contributed by atoms with van der Waals surface area (Å²) in [4.78, 5) is 0. The molecule has 0 atom stereocenters. The van der Waals surface area contributed by atoms with E-state index in [2.05, 4.69) is 135 Å². The van der Waals surface area contributed by atoms with Crippen molar-refractivity contribution in [3.8, 4) is 22.3 Å². The summed E-state index contributed by atoms with van der Waals surface area (Å²) in [5, 5.41) is 5.17. The van der Waals surface area contributed by atoms with E-state index in [-0.39, 0.29) is 5.41 Å². The summed E-state index contributed by atoms with van der Waals surface area (Å²) in [7, 11) is 0. The molecule has 0 radical (unpaired) electrons. The third-order valence-corrected chi connectivity index (χ3v) is 8.83. The van der Waals surface area contributed by atoms with Gasteiger partial charge in [0.05, 0.1) is 5.41 Å². The van der Waals surface area contributed by atoms with Crippen molar-refractivity contribution in [1.82, 2.24) is 0 Å². The molecule has 0 aliphatic heterocycles. The summed E-state index contributed by atoms with van der Waals surface area (Å²) in [6.45, 7) is 6.29. The molecule has 38 heavy (non-hydrogen) atoms. The average molecular weight is 483 g/mol. The minimum Gasteiger partial charge on any atom is -0.0985 e. The molecule has 1 spiro atoms. The molecular formula is C38H26. The van der Waals surface area contributed by atoms with Crippen LogP contribution in [0.3, 0.4) is 0 Å². The van der Waals surface area contributed by atoms with Crippen LogP contribution in [0.2, 0.25) is 0 Å².